The number of esters is 1. The topological polar surface area (TPSA) is 156 Å². The molecular weight excluding hydrogens is 566 g/mol. The van der Waals surface area contributed by atoms with Gasteiger partial charge in [-0.25, -0.2) is 25.1 Å². The molecule has 1 unspecified atom stereocenters. The summed E-state index contributed by atoms with van der Waals surface area (Å²) in [5.74, 6) is -0.743. The summed E-state index contributed by atoms with van der Waals surface area (Å²) in [4.78, 5) is 25.1. The third-order valence-corrected chi connectivity index (χ3v) is 8.09. The molecule has 0 aliphatic carbocycles. The zero-order chi connectivity index (χ0) is 30.4. The fourth-order valence-electron chi connectivity index (χ4n) is 3.91. The minimum Gasteiger partial charge on any atom is -0.464 e. The molecular formula is C25H35F3N7O5P. The average Bonchev–Trinajstić information content (AvgIpc) is 3.29. The number of imidazole rings is 1. The van der Waals surface area contributed by atoms with Crippen molar-refractivity contribution < 1.29 is 36.7 Å². The molecule has 226 valence electrons. The van der Waals surface area contributed by atoms with E-state index in [1.807, 2.05) is 6.92 Å². The first-order valence-corrected chi connectivity index (χ1v) is 14.7. The summed E-state index contributed by atoms with van der Waals surface area (Å²) in [7, 11) is -3.70. The number of hydrogen-bond acceptors (Lipinski definition) is 9. The van der Waals surface area contributed by atoms with Crippen molar-refractivity contribution in [3.8, 4) is 5.75 Å². The van der Waals surface area contributed by atoms with Crippen molar-refractivity contribution in [2.75, 3.05) is 18.7 Å². The third-order valence-electron chi connectivity index (χ3n) is 5.85. The normalized spacial score (nSPS) is 15.3. The van der Waals surface area contributed by atoms with Crippen molar-refractivity contribution in [1.29, 1.82) is 0 Å². The number of anilines is 1. The molecule has 0 saturated carbocycles. The molecule has 0 amide bonds. The first kappa shape index (κ1) is 32.3. The van der Waals surface area contributed by atoms with E-state index in [2.05, 4.69) is 29.9 Å². The van der Waals surface area contributed by atoms with Crippen molar-refractivity contribution in [1.82, 2.24) is 29.7 Å². The van der Waals surface area contributed by atoms with Gasteiger partial charge in [0.1, 0.15) is 29.5 Å². The molecule has 3 rings (SSSR count). The summed E-state index contributed by atoms with van der Waals surface area (Å²) in [5.41, 5.74) is 5.98. The Morgan fingerprint density at radius 2 is 1.83 bits per heavy atom. The first-order chi connectivity index (χ1) is 19.1. The molecule has 0 fully saturated rings. The average molecular weight is 602 g/mol. The van der Waals surface area contributed by atoms with Crippen molar-refractivity contribution in [3.05, 3.63) is 42.5 Å². The molecule has 0 radical (unpaired) electrons. The number of rotatable bonds is 14. The number of nitrogens with one attached hydrogen (secondary N) is 2. The molecule has 4 N–H and O–H groups in total. The Bertz CT molecular complexity index is 1370. The monoisotopic (exact) mass is 601 g/mol. The van der Waals surface area contributed by atoms with Crippen LogP contribution in [0.25, 0.3) is 11.2 Å². The number of nitrogen functional groups attached to an aromatic ring is 1. The van der Waals surface area contributed by atoms with Crippen LogP contribution in [0.5, 0.6) is 5.75 Å². The molecule has 2 aromatic heterocycles. The van der Waals surface area contributed by atoms with Crippen LogP contribution in [-0.4, -0.2) is 56.4 Å². The maximum Gasteiger partial charge on any atom is 0.573 e. The van der Waals surface area contributed by atoms with Crippen LogP contribution >= 0.6 is 7.44 Å². The van der Waals surface area contributed by atoms with Crippen LogP contribution in [0, 0.1) is 0 Å². The SMILES string of the molecule is CCCOC(=O)C(C)(C)NP(=O)(CO[C@H](C)Cn1cnc2c(N)ncnc21)N[C@@H](C)c1ccc(OC(F)(F)F)cc1. The molecule has 12 nitrogen and oxygen atoms in total. The molecule has 3 atom stereocenters. The second kappa shape index (κ2) is 13.1. The van der Waals surface area contributed by atoms with Crippen LogP contribution in [0.3, 0.4) is 0 Å². The Labute approximate surface area is 235 Å². The zero-order valence-corrected chi connectivity index (χ0v) is 24.3. The van der Waals surface area contributed by atoms with E-state index < -0.39 is 37.5 Å². The fraction of sp³-hybridized carbons (Fsp3) is 0.520. The number of nitrogens with zero attached hydrogens (tertiary/aromatic N) is 4. The molecule has 0 spiro atoms. The largest absolute Gasteiger partial charge is 0.573 e. The quantitative estimate of drug-likeness (QED) is 0.176. The van der Waals surface area contributed by atoms with Crippen LogP contribution in [0.4, 0.5) is 19.0 Å². The molecule has 16 heteroatoms. The van der Waals surface area contributed by atoms with Gasteiger partial charge in [-0.05, 0) is 51.8 Å². The molecule has 41 heavy (non-hydrogen) atoms. The lowest BCUT2D eigenvalue weighted by atomic mass is 10.1. The molecule has 1 aromatic carbocycles. The maximum absolute atomic E-state index is 14.2. The Balaban J connectivity index is 1.76. The summed E-state index contributed by atoms with van der Waals surface area (Å²) in [6.45, 7) is 8.88. The molecule has 0 saturated heterocycles. The Kier molecular flexibility index (Phi) is 10.3. The minimum absolute atomic E-state index is 0.199. The van der Waals surface area contributed by atoms with Gasteiger partial charge in [-0.3, -0.25) is 9.36 Å². The van der Waals surface area contributed by atoms with E-state index in [9.17, 15) is 22.5 Å². The van der Waals surface area contributed by atoms with Crippen molar-refractivity contribution in [2.45, 2.75) is 71.6 Å². The minimum atomic E-state index is -4.82. The van der Waals surface area contributed by atoms with Gasteiger partial charge < -0.3 is 24.5 Å². The van der Waals surface area contributed by atoms with Gasteiger partial charge in [0.2, 0.25) is 7.44 Å². The highest BCUT2D eigenvalue weighted by molar-refractivity contribution is 7.59. The molecule has 0 aliphatic heterocycles. The zero-order valence-electron chi connectivity index (χ0n) is 23.4. The van der Waals surface area contributed by atoms with E-state index in [0.717, 1.165) is 12.1 Å². The van der Waals surface area contributed by atoms with Gasteiger partial charge in [0.15, 0.2) is 11.5 Å². The lowest BCUT2D eigenvalue weighted by Crippen LogP contribution is -2.49. The second-order valence-electron chi connectivity index (χ2n) is 10.0. The smallest absolute Gasteiger partial charge is 0.464 e. The van der Waals surface area contributed by atoms with E-state index in [-0.39, 0.29) is 24.5 Å². The van der Waals surface area contributed by atoms with Crippen molar-refractivity contribution >= 4 is 30.4 Å². The van der Waals surface area contributed by atoms with Crippen LogP contribution in [0.15, 0.2) is 36.9 Å². The Morgan fingerprint density at radius 1 is 1.15 bits per heavy atom. The lowest BCUT2D eigenvalue weighted by Gasteiger charge is -2.33. The number of ether oxygens (including phenoxy) is 3. The van der Waals surface area contributed by atoms with Crippen molar-refractivity contribution in [2.24, 2.45) is 0 Å². The standard InChI is InChI=1S/C25H35F3N7O5P/c1-6-11-38-23(36)24(4,5)34-41(37,33-17(3)18-7-9-19(10-8-18)40-25(26,27)28)15-39-16(2)12-35-14-32-20-21(29)30-13-31-22(20)35/h7-10,13-14,16-17H,6,11-12,15H2,1-5H3,(H2,29,30,31)(H2,33,34,37)/t16-,17+,41?/m1/s1. The van der Waals surface area contributed by atoms with Gasteiger partial charge in [0, 0.05) is 6.04 Å². The van der Waals surface area contributed by atoms with E-state index in [4.69, 9.17) is 15.2 Å². The van der Waals surface area contributed by atoms with Crippen LogP contribution in [-0.2, 0) is 25.4 Å². The lowest BCUT2D eigenvalue weighted by molar-refractivity contribution is -0.274. The number of aromatic nitrogens is 4. The van der Waals surface area contributed by atoms with Gasteiger partial charge in [-0.2, -0.15) is 0 Å². The van der Waals surface area contributed by atoms with E-state index in [1.54, 1.807) is 38.6 Å². The van der Waals surface area contributed by atoms with Crippen LogP contribution < -0.4 is 20.6 Å². The summed E-state index contributed by atoms with van der Waals surface area (Å²) in [5, 5.41) is 5.88. The maximum atomic E-state index is 14.2. The molecule has 0 bridgehead atoms. The molecule has 0 aliphatic rings. The number of carbonyl (C=O) groups excluding carboxylic acids is 1. The highest BCUT2D eigenvalue weighted by atomic mass is 31.2. The van der Waals surface area contributed by atoms with E-state index >= 15 is 0 Å². The summed E-state index contributed by atoms with van der Waals surface area (Å²) in [6.07, 6.45) is -2.14. The Morgan fingerprint density at radius 3 is 2.46 bits per heavy atom. The summed E-state index contributed by atoms with van der Waals surface area (Å²) in [6, 6.07) is 4.55. The van der Waals surface area contributed by atoms with Gasteiger partial charge >= 0.3 is 12.3 Å². The summed E-state index contributed by atoms with van der Waals surface area (Å²) >= 11 is 0. The first-order valence-electron chi connectivity index (χ1n) is 12.8. The van der Waals surface area contributed by atoms with E-state index in [0.29, 0.717) is 29.7 Å². The predicted molar refractivity (Wildman–Crippen MR) is 146 cm³/mol. The second-order valence-corrected chi connectivity index (χ2v) is 12.2. The van der Waals surface area contributed by atoms with Crippen molar-refractivity contribution in [3.63, 3.8) is 0 Å². The van der Waals surface area contributed by atoms with Gasteiger partial charge in [-0.15, -0.1) is 13.2 Å². The van der Waals surface area contributed by atoms with Gasteiger partial charge in [0.25, 0.3) is 0 Å². The number of halogens is 3. The number of hydrogen-bond donors (Lipinski definition) is 3. The molecule has 3 aromatic rings. The van der Waals surface area contributed by atoms with Gasteiger partial charge in [-0.1, -0.05) is 19.1 Å². The highest BCUT2D eigenvalue weighted by Crippen LogP contribution is 2.42. The number of carbonyl (C=O) groups is 1. The summed E-state index contributed by atoms with van der Waals surface area (Å²) < 4.78 is 68.7. The Hall–Kier alpha value is -3.26. The van der Waals surface area contributed by atoms with E-state index in [1.165, 1.54) is 18.5 Å². The molecule has 2 heterocycles. The number of benzene rings is 1. The van der Waals surface area contributed by atoms with Gasteiger partial charge in [0.05, 0.1) is 25.6 Å². The highest BCUT2D eigenvalue weighted by Gasteiger charge is 2.38. The van der Waals surface area contributed by atoms with Crippen LogP contribution in [0.1, 0.15) is 52.6 Å². The fourth-order valence-corrected chi connectivity index (χ4v) is 6.35. The predicted octanol–water partition coefficient (Wildman–Crippen LogP) is 4.54. The number of nitrogens with two attached hydrogens (primary N) is 1. The van der Waals surface area contributed by atoms with Crippen LogP contribution in [0.2, 0.25) is 0 Å². The number of fused-ring (bicyclic) bond motifs is 1. The third kappa shape index (κ3) is 9.12. The number of alkyl halides is 3.